The number of furan rings is 1. The van der Waals surface area contributed by atoms with Crippen molar-refractivity contribution in [3.05, 3.63) is 115 Å². The molecule has 0 fully saturated rings. The Bertz CT molecular complexity index is 2130. The molecule has 0 saturated carbocycles. The number of nitrogens with zero attached hydrogens (tertiary/aromatic N) is 3. The van der Waals surface area contributed by atoms with Crippen LogP contribution < -0.4 is 20.3 Å². The van der Waals surface area contributed by atoms with E-state index in [0.29, 0.717) is 43.0 Å². The van der Waals surface area contributed by atoms with Gasteiger partial charge in [0.05, 0.1) is 24.2 Å². The van der Waals surface area contributed by atoms with Gasteiger partial charge in [-0.3, -0.25) is 9.59 Å². The van der Waals surface area contributed by atoms with E-state index in [2.05, 4.69) is 26.3 Å². The lowest BCUT2D eigenvalue weighted by molar-refractivity contribution is -0.118. The van der Waals surface area contributed by atoms with E-state index in [1.54, 1.807) is 66.7 Å². The monoisotopic (exact) mass is 690 g/mol. The number of nitrogens with one attached hydrogen (secondary N) is 1. The van der Waals surface area contributed by atoms with Crippen LogP contribution in [0.3, 0.4) is 0 Å². The highest BCUT2D eigenvalue weighted by Gasteiger charge is 2.20. The van der Waals surface area contributed by atoms with E-state index in [1.165, 1.54) is 13.3 Å². The fraction of sp³-hybridized carbons (Fsp3) is 0.0625. The third kappa shape index (κ3) is 5.92. The van der Waals surface area contributed by atoms with Crippen molar-refractivity contribution >= 4 is 78.8 Å². The zero-order valence-electron chi connectivity index (χ0n) is 22.9. The predicted molar refractivity (Wildman–Crippen MR) is 175 cm³/mol. The summed E-state index contributed by atoms with van der Waals surface area (Å²) in [6, 6.07) is 24.6. The van der Waals surface area contributed by atoms with Gasteiger partial charge in [-0.1, -0.05) is 53.5 Å². The smallest absolute Gasteiger partial charge is 0.282 e. The van der Waals surface area contributed by atoms with Gasteiger partial charge < -0.3 is 19.2 Å². The Morgan fingerprint density at radius 2 is 1.84 bits per heavy atom. The predicted octanol–water partition coefficient (Wildman–Crippen LogP) is 7.79. The van der Waals surface area contributed by atoms with Gasteiger partial charge in [0, 0.05) is 26.1 Å². The van der Waals surface area contributed by atoms with Crippen molar-refractivity contribution in [2.45, 2.75) is 0 Å². The molecule has 4 aromatic carbocycles. The summed E-state index contributed by atoms with van der Waals surface area (Å²) in [5.74, 6) is 0.558. The van der Waals surface area contributed by atoms with E-state index in [4.69, 9.17) is 42.1 Å². The number of rotatable bonds is 8. The molecular formula is C32H21BrCl2N4O5. The SMILES string of the molecule is COc1cc(C=Nn2c(-c3cc4cc(Cl)ccc4o3)nc3ccccc3c2=O)c(Br)c(Cl)c1OCC(=O)Nc1ccccc1. The highest BCUT2D eigenvalue weighted by molar-refractivity contribution is 9.10. The second-order valence-corrected chi connectivity index (χ2v) is 11.0. The highest BCUT2D eigenvalue weighted by atomic mass is 79.9. The van der Waals surface area contributed by atoms with Gasteiger partial charge >= 0.3 is 0 Å². The van der Waals surface area contributed by atoms with Gasteiger partial charge in [-0.25, -0.2) is 4.98 Å². The summed E-state index contributed by atoms with van der Waals surface area (Å²) in [7, 11) is 1.45. The molecule has 44 heavy (non-hydrogen) atoms. The lowest BCUT2D eigenvalue weighted by Crippen LogP contribution is -2.20. The van der Waals surface area contributed by atoms with Crippen LogP contribution in [0, 0.1) is 0 Å². The molecule has 9 nitrogen and oxygen atoms in total. The number of hydrogen-bond donors (Lipinski definition) is 1. The quantitative estimate of drug-likeness (QED) is 0.163. The van der Waals surface area contributed by atoms with Crippen molar-refractivity contribution in [2.75, 3.05) is 19.0 Å². The second-order valence-electron chi connectivity index (χ2n) is 9.43. The van der Waals surface area contributed by atoms with Crippen LogP contribution in [-0.4, -0.2) is 35.5 Å². The molecule has 0 aliphatic carbocycles. The van der Waals surface area contributed by atoms with Crippen molar-refractivity contribution in [3.8, 4) is 23.1 Å². The number of anilines is 1. The number of ether oxygens (including phenoxy) is 2. The summed E-state index contributed by atoms with van der Waals surface area (Å²) >= 11 is 16.3. The Labute approximate surface area is 268 Å². The van der Waals surface area contributed by atoms with Gasteiger partial charge in [0.25, 0.3) is 11.5 Å². The molecule has 0 radical (unpaired) electrons. The number of halogens is 3. The maximum absolute atomic E-state index is 13.6. The number of hydrogen-bond acceptors (Lipinski definition) is 7. The average Bonchev–Trinajstić information content (AvgIpc) is 3.45. The lowest BCUT2D eigenvalue weighted by Gasteiger charge is -2.15. The van der Waals surface area contributed by atoms with E-state index in [0.717, 1.165) is 10.1 Å². The molecule has 0 atom stereocenters. The standard InChI is InChI=1S/C32H21BrCl2N4O5/c1-42-25-15-19(28(33)29(35)30(25)43-17-27(40)37-21-7-3-2-4-8-21)16-36-39-31(38-23-10-6-5-9-22(23)32(39)41)26-14-18-13-20(34)11-12-24(18)44-26/h2-16H,17H2,1H3,(H,37,40). The molecule has 0 aliphatic heterocycles. The topological polar surface area (TPSA) is 108 Å². The molecule has 1 N–H and O–H groups in total. The first-order chi connectivity index (χ1) is 21.3. The van der Waals surface area contributed by atoms with E-state index in [-0.39, 0.29) is 34.9 Å². The zero-order valence-corrected chi connectivity index (χ0v) is 26.0. The summed E-state index contributed by atoms with van der Waals surface area (Å²) in [5.41, 5.74) is 1.76. The van der Waals surface area contributed by atoms with Crippen molar-refractivity contribution in [3.63, 3.8) is 0 Å². The normalized spacial score (nSPS) is 11.4. The number of fused-ring (bicyclic) bond motifs is 2. The number of aromatic nitrogens is 2. The maximum atomic E-state index is 13.6. The Morgan fingerprint density at radius 3 is 2.64 bits per heavy atom. The van der Waals surface area contributed by atoms with Crippen LogP contribution in [0.15, 0.2) is 104 Å². The van der Waals surface area contributed by atoms with E-state index >= 15 is 0 Å². The van der Waals surface area contributed by atoms with Gasteiger partial charge in [0.1, 0.15) is 10.6 Å². The van der Waals surface area contributed by atoms with Crippen LogP contribution in [0.2, 0.25) is 10.0 Å². The van der Waals surface area contributed by atoms with E-state index in [9.17, 15) is 9.59 Å². The van der Waals surface area contributed by atoms with Gasteiger partial charge in [0.2, 0.25) is 5.82 Å². The van der Waals surface area contributed by atoms with Crippen molar-refractivity contribution < 1.29 is 18.7 Å². The summed E-state index contributed by atoms with van der Waals surface area (Å²) in [6.07, 6.45) is 1.44. The number of para-hydroxylation sites is 2. The first-order valence-electron chi connectivity index (χ1n) is 13.1. The van der Waals surface area contributed by atoms with Crippen molar-refractivity contribution in [1.29, 1.82) is 0 Å². The minimum Gasteiger partial charge on any atom is -0.493 e. The molecule has 1 amide bonds. The van der Waals surface area contributed by atoms with Crippen LogP contribution in [0.4, 0.5) is 5.69 Å². The minimum atomic E-state index is -0.404. The molecule has 0 spiro atoms. The molecule has 2 aromatic heterocycles. The summed E-state index contributed by atoms with van der Waals surface area (Å²) in [5, 5.41) is 9.07. The third-order valence-corrected chi connectivity index (χ3v) is 8.22. The summed E-state index contributed by atoms with van der Waals surface area (Å²) in [6.45, 7) is -0.310. The average molecular weight is 692 g/mol. The number of methoxy groups -OCH3 is 1. The molecule has 0 bridgehead atoms. The highest BCUT2D eigenvalue weighted by Crippen LogP contribution is 2.42. The Balaban J connectivity index is 1.36. The molecule has 0 saturated heterocycles. The molecule has 0 unspecified atom stereocenters. The summed E-state index contributed by atoms with van der Waals surface area (Å²) in [4.78, 5) is 30.8. The number of carbonyl (C=O) groups is 1. The van der Waals surface area contributed by atoms with Crippen LogP contribution in [-0.2, 0) is 4.79 Å². The largest absolute Gasteiger partial charge is 0.493 e. The molecule has 220 valence electrons. The number of benzene rings is 4. The third-order valence-electron chi connectivity index (χ3n) is 6.55. The number of amides is 1. The first-order valence-corrected chi connectivity index (χ1v) is 14.7. The van der Waals surface area contributed by atoms with Crippen LogP contribution in [0.25, 0.3) is 33.5 Å². The van der Waals surface area contributed by atoms with Gasteiger partial charge in [-0.05, 0) is 70.5 Å². The van der Waals surface area contributed by atoms with Crippen LogP contribution in [0.1, 0.15) is 5.56 Å². The molecule has 12 heteroatoms. The first kappa shape index (κ1) is 29.4. The van der Waals surface area contributed by atoms with Crippen LogP contribution in [0.5, 0.6) is 11.5 Å². The fourth-order valence-electron chi connectivity index (χ4n) is 4.48. The van der Waals surface area contributed by atoms with Crippen molar-refractivity contribution in [2.24, 2.45) is 5.10 Å². The molecule has 0 aliphatic rings. The van der Waals surface area contributed by atoms with Gasteiger partial charge in [-0.2, -0.15) is 9.78 Å². The zero-order chi connectivity index (χ0) is 30.8. The Morgan fingerprint density at radius 1 is 1.07 bits per heavy atom. The minimum absolute atomic E-state index is 0.150. The van der Waals surface area contributed by atoms with E-state index in [1.807, 2.05) is 18.2 Å². The second kappa shape index (κ2) is 12.5. The Hall–Kier alpha value is -4.64. The van der Waals surface area contributed by atoms with Gasteiger partial charge in [0.15, 0.2) is 23.9 Å². The molecule has 6 rings (SSSR count). The maximum Gasteiger partial charge on any atom is 0.282 e. The van der Waals surface area contributed by atoms with E-state index < -0.39 is 5.56 Å². The van der Waals surface area contributed by atoms with Crippen LogP contribution >= 0.6 is 39.1 Å². The van der Waals surface area contributed by atoms with Crippen molar-refractivity contribution in [1.82, 2.24) is 9.66 Å². The summed E-state index contributed by atoms with van der Waals surface area (Å²) < 4.78 is 18.9. The molecule has 2 heterocycles. The lowest BCUT2D eigenvalue weighted by atomic mass is 10.2. The number of carbonyl (C=O) groups excluding carboxylic acids is 1. The van der Waals surface area contributed by atoms with Gasteiger partial charge in [-0.15, -0.1) is 0 Å². The molecule has 6 aromatic rings. The molecular weight excluding hydrogens is 671 g/mol. The fourth-order valence-corrected chi connectivity index (χ4v) is 5.31. The Kier molecular flexibility index (Phi) is 8.38.